The van der Waals surface area contributed by atoms with Gasteiger partial charge in [-0.15, -0.1) is 0 Å². The maximum atomic E-state index is 10.8. The Balaban J connectivity index is 3.91. The van der Waals surface area contributed by atoms with Gasteiger partial charge in [-0.1, -0.05) is 20.8 Å². The van der Waals surface area contributed by atoms with Crippen LogP contribution in [0.5, 0.6) is 0 Å². The van der Waals surface area contributed by atoms with Gasteiger partial charge in [-0.2, -0.15) is 0 Å². The third-order valence-electron chi connectivity index (χ3n) is 2.08. The fraction of sp³-hybridized carbons (Fsp3) is 0.900. The number of aliphatic hydroxyl groups excluding tert-OH is 1. The minimum atomic E-state index is -0.845. The first-order chi connectivity index (χ1) is 6.47. The van der Waals surface area contributed by atoms with E-state index in [1.165, 1.54) is 0 Å². The van der Waals surface area contributed by atoms with Crippen LogP contribution in [0.15, 0.2) is 0 Å². The lowest BCUT2D eigenvalue weighted by atomic mass is 10.0. The molecule has 84 valence electrons. The maximum absolute atomic E-state index is 10.8. The zero-order chi connectivity index (χ0) is 11.1. The molecule has 0 aromatic carbocycles. The molecule has 2 unspecified atom stereocenters. The number of carboxylic acid groups (broad SMARTS) is 1. The van der Waals surface area contributed by atoms with E-state index in [1.807, 2.05) is 20.8 Å². The smallest absolute Gasteiger partial charge is 0.320 e. The molecular formula is C10H21NO3. The number of hydrogen-bond acceptors (Lipinski definition) is 3. The van der Waals surface area contributed by atoms with Crippen LogP contribution in [0.3, 0.4) is 0 Å². The molecule has 0 aromatic heterocycles. The van der Waals surface area contributed by atoms with Crippen molar-refractivity contribution < 1.29 is 15.0 Å². The third kappa shape index (κ3) is 5.94. The zero-order valence-corrected chi connectivity index (χ0v) is 9.16. The van der Waals surface area contributed by atoms with E-state index in [4.69, 9.17) is 5.11 Å². The number of aliphatic hydroxyl groups is 1. The van der Waals surface area contributed by atoms with Gasteiger partial charge in [0.1, 0.15) is 6.04 Å². The maximum Gasteiger partial charge on any atom is 0.320 e. The summed E-state index contributed by atoms with van der Waals surface area (Å²) in [6.07, 6.45) is 0.774. The van der Waals surface area contributed by atoms with E-state index >= 15 is 0 Å². The fourth-order valence-corrected chi connectivity index (χ4v) is 1.17. The Kier molecular flexibility index (Phi) is 6.49. The summed E-state index contributed by atoms with van der Waals surface area (Å²) >= 11 is 0. The van der Waals surface area contributed by atoms with Crippen LogP contribution in [0, 0.1) is 5.92 Å². The van der Waals surface area contributed by atoms with Gasteiger partial charge < -0.3 is 15.5 Å². The van der Waals surface area contributed by atoms with Crippen LogP contribution in [0.1, 0.15) is 33.6 Å². The monoisotopic (exact) mass is 203 g/mol. The molecule has 0 aliphatic rings. The first-order valence-electron chi connectivity index (χ1n) is 5.11. The van der Waals surface area contributed by atoms with Crippen LogP contribution >= 0.6 is 0 Å². The first kappa shape index (κ1) is 13.4. The van der Waals surface area contributed by atoms with E-state index in [1.54, 1.807) is 0 Å². The minimum Gasteiger partial charge on any atom is -0.480 e. The van der Waals surface area contributed by atoms with E-state index in [-0.39, 0.29) is 0 Å². The van der Waals surface area contributed by atoms with Crippen molar-refractivity contribution in [1.29, 1.82) is 0 Å². The zero-order valence-electron chi connectivity index (χ0n) is 9.16. The van der Waals surface area contributed by atoms with Gasteiger partial charge in [0, 0.05) is 6.54 Å². The molecule has 0 rings (SSSR count). The van der Waals surface area contributed by atoms with Crippen molar-refractivity contribution in [2.24, 2.45) is 5.92 Å². The molecule has 4 heteroatoms. The number of rotatable bonds is 7. The van der Waals surface area contributed by atoms with Crippen LogP contribution in [0.25, 0.3) is 0 Å². The Morgan fingerprint density at radius 3 is 2.36 bits per heavy atom. The van der Waals surface area contributed by atoms with Crippen molar-refractivity contribution in [3.05, 3.63) is 0 Å². The summed E-state index contributed by atoms with van der Waals surface area (Å²) in [6, 6.07) is -0.545. The largest absolute Gasteiger partial charge is 0.480 e. The Hall–Kier alpha value is -0.610. The molecular weight excluding hydrogens is 182 g/mol. The SMILES string of the molecule is CCC(O)CNC(CC(C)C)C(=O)O. The Bertz CT molecular complexity index is 171. The summed E-state index contributed by atoms with van der Waals surface area (Å²) in [5.74, 6) is -0.510. The predicted octanol–water partition coefficient (Wildman–Crippen LogP) is 0.846. The number of hydrogen-bond donors (Lipinski definition) is 3. The van der Waals surface area contributed by atoms with Crippen LogP contribution in [0.2, 0.25) is 0 Å². The van der Waals surface area contributed by atoms with E-state index in [0.29, 0.717) is 25.3 Å². The van der Waals surface area contributed by atoms with Crippen molar-refractivity contribution >= 4 is 5.97 Å². The summed E-state index contributed by atoms with van der Waals surface area (Å²) in [6.45, 7) is 6.17. The Morgan fingerprint density at radius 2 is 2.00 bits per heavy atom. The van der Waals surface area contributed by atoms with Crippen molar-refractivity contribution in [2.45, 2.75) is 45.8 Å². The quantitative estimate of drug-likeness (QED) is 0.573. The normalized spacial score (nSPS) is 15.5. The average molecular weight is 203 g/mol. The molecule has 0 saturated carbocycles. The molecule has 0 radical (unpaired) electrons. The molecule has 0 spiro atoms. The summed E-state index contributed by atoms with van der Waals surface area (Å²) in [5, 5.41) is 21.0. The molecule has 0 aliphatic heterocycles. The van der Waals surface area contributed by atoms with Gasteiger partial charge in [0.15, 0.2) is 0 Å². The van der Waals surface area contributed by atoms with Gasteiger partial charge in [0.25, 0.3) is 0 Å². The lowest BCUT2D eigenvalue weighted by molar-refractivity contribution is -0.140. The van der Waals surface area contributed by atoms with E-state index in [9.17, 15) is 9.90 Å². The molecule has 0 saturated heterocycles. The molecule has 0 bridgehead atoms. The molecule has 0 aliphatic carbocycles. The topological polar surface area (TPSA) is 69.6 Å². The molecule has 2 atom stereocenters. The molecule has 0 fully saturated rings. The highest BCUT2D eigenvalue weighted by Crippen LogP contribution is 2.05. The molecule has 0 amide bonds. The van der Waals surface area contributed by atoms with Gasteiger partial charge in [0.05, 0.1) is 6.10 Å². The molecule has 4 nitrogen and oxygen atoms in total. The second-order valence-electron chi connectivity index (χ2n) is 3.99. The van der Waals surface area contributed by atoms with Gasteiger partial charge in [-0.3, -0.25) is 4.79 Å². The van der Waals surface area contributed by atoms with Gasteiger partial charge >= 0.3 is 5.97 Å². The highest BCUT2D eigenvalue weighted by molar-refractivity contribution is 5.73. The molecule has 3 N–H and O–H groups in total. The number of carbonyl (C=O) groups is 1. The average Bonchev–Trinajstić information content (AvgIpc) is 2.10. The Morgan fingerprint density at radius 1 is 1.43 bits per heavy atom. The molecule has 0 aromatic rings. The van der Waals surface area contributed by atoms with Crippen LogP contribution in [0.4, 0.5) is 0 Å². The second-order valence-corrected chi connectivity index (χ2v) is 3.99. The van der Waals surface area contributed by atoms with Gasteiger partial charge in [0.2, 0.25) is 0 Å². The van der Waals surface area contributed by atoms with Crippen molar-refractivity contribution in [3.8, 4) is 0 Å². The lowest BCUT2D eigenvalue weighted by Gasteiger charge is -2.18. The summed E-state index contributed by atoms with van der Waals surface area (Å²) in [5.41, 5.74) is 0. The Labute approximate surface area is 85.3 Å². The van der Waals surface area contributed by atoms with Gasteiger partial charge in [-0.05, 0) is 18.8 Å². The predicted molar refractivity (Wildman–Crippen MR) is 55.2 cm³/mol. The highest BCUT2D eigenvalue weighted by atomic mass is 16.4. The second kappa shape index (κ2) is 6.79. The van der Waals surface area contributed by atoms with Crippen LogP contribution in [-0.2, 0) is 4.79 Å². The van der Waals surface area contributed by atoms with E-state index < -0.39 is 18.1 Å². The van der Waals surface area contributed by atoms with Crippen molar-refractivity contribution in [1.82, 2.24) is 5.32 Å². The number of aliphatic carboxylic acids is 1. The molecule has 14 heavy (non-hydrogen) atoms. The fourth-order valence-electron chi connectivity index (χ4n) is 1.17. The van der Waals surface area contributed by atoms with E-state index in [0.717, 1.165) is 0 Å². The van der Waals surface area contributed by atoms with Gasteiger partial charge in [-0.25, -0.2) is 0 Å². The van der Waals surface area contributed by atoms with Crippen molar-refractivity contribution in [3.63, 3.8) is 0 Å². The van der Waals surface area contributed by atoms with Crippen molar-refractivity contribution in [2.75, 3.05) is 6.54 Å². The van der Waals surface area contributed by atoms with Crippen LogP contribution < -0.4 is 5.32 Å². The molecule has 0 heterocycles. The first-order valence-corrected chi connectivity index (χ1v) is 5.11. The summed E-state index contributed by atoms with van der Waals surface area (Å²) in [7, 11) is 0. The van der Waals surface area contributed by atoms with Crippen LogP contribution in [-0.4, -0.2) is 34.9 Å². The highest BCUT2D eigenvalue weighted by Gasteiger charge is 2.18. The number of nitrogens with one attached hydrogen (secondary N) is 1. The third-order valence-corrected chi connectivity index (χ3v) is 2.08. The standard InChI is InChI=1S/C10H21NO3/c1-4-8(12)6-11-9(10(13)14)5-7(2)3/h7-9,11-12H,4-6H2,1-3H3,(H,13,14). The van der Waals surface area contributed by atoms with E-state index in [2.05, 4.69) is 5.32 Å². The minimum absolute atomic E-state index is 0.336. The summed E-state index contributed by atoms with van der Waals surface area (Å²) < 4.78 is 0. The number of carboxylic acids is 1. The summed E-state index contributed by atoms with van der Waals surface area (Å²) in [4.78, 5) is 10.8. The lowest BCUT2D eigenvalue weighted by Crippen LogP contribution is -2.41.